The summed E-state index contributed by atoms with van der Waals surface area (Å²) in [6.07, 6.45) is 2.82. The number of halogens is 1. The van der Waals surface area contributed by atoms with E-state index in [9.17, 15) is 8.60 Å². The second kappa shape index (κ2) is 6.45. The van der Waals surface area contributed by atoms with Gasteiger partial charge in [0.1, 0.15) is 6.67 Å². The monoisotopic (exact) mass is 214 g/mol. The summed E-state index contributed by atoms with van der Waals surface area (Å²) in [5.74, 6) is 0. The van der Waals surface area contributed by atoms with Crippen molar-refractivity contribution < 1.29 is 12.8 Å². The van der Waals surface area contributed by atoms with Gasteiger partial charge in [-0.3, -0.25) is 4.18 Å². The fourth-order valence-electron chi connectivity index (χ4n) is 0.832. The van der Waals surface area contributed by atoms with Crippen LogP contribution in [-0.4, -0.2) is 17.5 Å². The van der Waals surface area contributed by atoms with E-state index in [1.165, 1.54) is 12.2 Å². The van der Waals surface area contributed by atoms with Crippen LogP contribution in [0.4, 0.5) is 4.39 Å². The fraction of sp³-hybridized carbons (Fsp3) is 0.200. The summed E-state index contributed by atoms with van der Waals surface area (Å²) < 4.78 is 27.9. The quantitative estimate of drug-likeness (QED) is 0.703. The molecule has 0 aliphatic carbocycles. The van der Waals surface area contributed by atoms with Crippen LogP contribution in [0, 0.1) is 0 Å². The summed E-state index contributed by atoms with van der Waals surface area (Å²) >= 11 is -1.46. The summed E-state index contributed by atoms with van der Waals surface area (Å²) in [6.45, 7) is -0.368. The molecule has 0 spiro atoms. The third-order valence-corrected chi connectivity index (χ3v) is 2.47. The van der Waals surface area contributed by atoms with Crippen molar-refractivity contribution in [2.75, 3.05) is 13.3 Å². The Morgan fingerprint density at radius 2 is 2.00 bits per heavy atom. The first-order valence-corrected chi connectivity index (χ1v) is 5.23. The van der Waals surface area contributed by atoms with E-state index in [1.54, 1.807) is 24.3 Å². The summed E-state index contributed by atoms with van der Waals surface area (Å²) in [5, 5.41) is 0. The van der Waals surface area contributed by atoms with Crippen molar-refractivity contribution in [3.05, 3.63) is 42.5 Å². The summed E-state index contributed by atoms with van der Waals surface area (Å²) in [5.41, 5.74) is 0. The smallest absolute Gasteiger partial charge is 0.189 e. The molecule has 0 saturated carbocycles. The minimum atomic E-state index is -1.46. The molecule has 0 saturated heterocycles. The first-order valence-electron chi connectivity index (χ1n) is 4.15. The Kier molecular flexibility index (Phi) is 5.11. The van der Waals surface area contributed by atoms with Crippen molar-refractivity contribution >= 4 is 11.1 Å². The van der Waals surface area contributed by atoms with E-state index < -0.39 is 17.8 Å². The van der Waals surface area contributed by atoms with Gasteiger partial charge in [0, 0.05) is 0 Å². The van der Waals surface area contributed by atoms with Gasteiger partial charge in [0.15, 0.2) is 11.1 Å². The zero-order chi connectivity index (χ0) is 10.2. The number of hydrogen-bond donors (Lipinski definition) is 0. The van der Waals surface area contributed by atoms with Gasteiger partial charge in [0.2, 0.25) is 0 Å². The van der Waals surface area contributed by atoms with Crippen LogP contribution in [0.15, 0.2) is 47.4 Å². The van der Waals surface area contributed by atoms with Gasteiger partial charge in [0.05, 0.1) is 11.5 Å². The molecule has 0 aliphatic heterocycles. The van der Waals surface area contributed by atoms with Crippen molar-refractivity contribution in [3.63, 3.8) is 0 Å². The van der Waals surface area contributed by atoms with Crippen LogP contribution < -0.4 is 0 Å². The normalized spacial score (nSPS) is 13.2. The van der Waals surface area contributed by atoms with Gasteiger partial charge in [-0.25, -0.2) is 8.60 Å². The summed E-state index contributed by atoms with van der Waals surface area (Å²) in [6, 6.07) is 8.84. The van der Waals surface area contributed by atoms with Gasteiger partial charge in [0.25, 0.3) is 0 Å². The topological polar surface area (TPSA) is 26.3 Å². The largest absolute Gasteiger partial charge is 0.283 e. The molecule has 1 atom stereocenters. The van der Waals surface area contributed by atoms with Gasteiger partial charge in [-0.15, -0.1) is 0 Å². The first-order chi connectivity index (χ1) is 6.84. The predicted octanol–water partition coefficient (Wildman–Crippen LogP) is 2.25. The van der Waals surface area contributed by atoms with Crippen molar-refractivity contribution in [2.24, 2.45) is 0 Å². The summed E-state index contributed by atoms with van der Waals surface area (Å²) in [7, 11) is 0. The Labute approximate surface area is 85.1 Å². The average Bonchev–Trinajstić information content (AvgIpc) is 2.25. The highest BCUT2D eigenvalue weighted by Gasteiger charge is 2.00. The molecule has 0 N–H and O–H groups in total. The van der Waals surface area contributed by atoms with E-state index in [0.29, 0.717) is 4.90 Å². The van der Waals surface area contributed by atoms with E-state index in [-0.39, 0.29) is 6.61 Å². The maximum absolute atomic E-state index is 11.6. The molecule has 0 heterocycles. The van der Waals surface area contributed by atoms with Crippen LogP contribution in [-0.2, 0) is 15.3 Å². The molecule has 0 fully saturated rings. The minimum absolute atomic E-state index is 0.158. The molecule has 1 aromatic rings. The molecule has 14 heavy (non-hydrogen) atoms. The Balaban J connectivity index is 2.40. The van der Waals surface area contributed by atoms with Crippen molar-refractivity contribution in [1.29, 1.82) is 0 Å². The standard InChI is InChI=1S/C10H11FO2S/c11-8-4-5-9-13-14(12)10-6-2-1-3-7-10/h1-7H,8-9H2/b5-4-. The second-order valence-electron chi connectivity index (χ2n) is 2.46. The highest BCUT2D eigenvalue weighted by molar-refractivity contribution is 7.80. The SMILES string of the molecule is O=S(OC/C=C\CF)c1ccccc1. The molecular formula is C10H11FO2S. The Morgan fingerprint density at radius 3 is 2.64 bits per heavy atom. The minimum Gasteiger partial charge on any atom is -0.283 e. The molecule has 0 aliphatic rings. The Bertz CT molecular complexity index is 311. The highest BCUT2D eigenvalue weighted by Crippen LogP contribution is 2.06. The lowest BCUT2D eigenvalue weighted by Gasteiger charge is -1.99. The van der Waals surface area contributed by atoms with E-state index in [0.717, 1.165) is 0 Å². The third kappa shape index (κ3) is 3.81. The zero-order valence-electron chi connectivity index (χ0n) is 7.56. The van der Waals surface area contributed by atoms with Gasteiger partial charge in [-0.2, -0.15) is 0 Å². The van der Waals surface area contributed by atoms with Gasteiger partial charge >= 0.3 is 0 Å². The average molecular weight is 214 g/mol. The molecule has 0 amide bonds. The molecule has 4 heteroatoms. The van der Waals surface area contributed by atoms with Crippen LogP contribution in [0.5, 0.6) is 0 Å². The van der Waals surface area contributed by atoms with Crippen molar-refractivity contribution in [1.82, 2.24) is 0 Å². The lowest BCUT2D eigenvalue weighted by molar-refractivity contribution is 0.393. The number of rotatable bonds is 5. The summed E-state index contributed by atoms with van der Waals surface area (Å²) in [4.78, 5) is 0.612. The molecular weight excluding hydrogens is 203 g/mol. The lowest BCUT2D eigenvalue weighted by atomic mass is 10.4. The third-order valence-electron chi connectivity index (χ3n) is 1.46. The molecule has 1 rings (SSSR count). The number of allylic oxidation sites excluding steroid dienone is 1. The maximum Gasteiger partial charge on any atom is 0.189 e. The van der Waals surface area contributed by atoms with E-state index in [2.05, 4.69) is 0 Å². The molecule has 2 nitrogen and oxygen atoms in total. The Morgan fingerprint density at radius 1 is 1.29 bits per heavy atom. The molecule has 0 radical (unpaired) electrons. The predicted molar refractivity (Wildman–Crippen MR) is 53.9 cm³/mol. The molecule has 0 bridgehead atoms. The molecule has 0 aromatic heterocycles. The fourth-order valence-corrected chi connectivity index (χ4v) is 1.55. The van der Waals surface area contributed by atoms with Crippen LogP contribution in [0.1, 0.15) is 0 Å². The molecule has 76 valence electrons. The molecule has 1 aromatic carbocycles. The Hall–Kier alpha value is -1.00. The number of hydrogen-bond acceptors (Lipinski definition) is 2. The second-order valence-corrected chi connectivity index (χ2v) is 3.63. The van der Waals surface area contributed by atoms with Gasteiger partial charge in [-0.05, 0) is 12.1 Å². The van der Waals surface area contributed by atoms with Crippen LogP contribution in [0.3, 0.4) is 0 Å². The van der Waals surface area contributed by atoms with E-state index in [1.807, 2.05) is 6.07 Å². The van der Waals surface area contributed by atoms with Crippen LogP contribution in [0.2, 0.25) is 0 Å². The molecule has 1 unspecified atom stereocenters. The van der Waals surface area contributed by atoms with E-state index >= 15 is 0 Å². The first kappa shape index (κ1) is 11.1. The number of benzene rings is 1. The van der Waals surface area contributed by atoms with Crippen molar-refractivity contribution in [3.8, 4) is 0 Å². The van der Waals surface area contributed by atoms with Crippen LogP contribution >= 0.6 is 0 Å². The van der Waals surface area contributed by atoms with Gasteiger partial charge in [-0.1, -0.05) is 30.4 Å². The van der Waals surface area contributed by atoms with Crippen molar-refractivity contribution in [2.45, 2.75) is 4.90 Å². The highest BCUT2D eigenvalue weighted by atomic mass is 32.2. The lowest BCUT2D eigenvalue weighted by Crippen LogP contribution is -1.97. The zero-order valence-corrected chi connectivity index (χ0v) is 8.37. The van der Waals surface area contributed by atoms with Crippen LogP contribution in [0.25, 0.3) is 0 Å². The maximum atomic E-state index is 11.6. The van der Waals surface area contributed by atoms with E-state index in [4.69, 9.17) is 4.18 Å². The van der Waals surface area contributed by atoms with Gasteiger partial charge < -0.3 is 0 Å². The number of alkyl halides is 1.